The second-order valence-corrected chi connectivity index (χ2v) is 2.18. The molecule has 0 saturated carbocycles. The summed E-state index contributed by atoms with van der Waals surface area (Å²) in [6, 6.07) is 0.727. The van der Waals surface area contributed by atoms with Gasteiger partial charge in [-0.05, 0) is 6.92 Å². The minimum Gasteiger partial charge on any atom is -0.502 e. The first-order valence-electron chi connectivity index (χ1n) is 3.09. The molecule has 1 aromatic heterocycles. The lowest BCUT2D eigenvalue weighted by Gasteiger charge is -1.97. The van der Waals surface area contributed by atoms with Crippen molar-refractivity contribution in [2.45, 2.75) is 6.92 Å². The van der Waals surface area contributed by atoms with Gasteiger partial charge in [0, 0.05) is 6.07 Å². The third-order valence-corrected chi connectivity index (χ3v) is 1.30. The van der Waals surface area contributed by atoms with Crippen LogP contribution in [0, 0.1) is 6.92 Å². The Balaban J connectivity index is 3.41. The zero-order chi connectivity index (χ0) is 9.30. The Morgan fingerprint density at radius 1 is 1.58 bits per heavy atom. The minimum absolute atomic E-state index is 0.0973. The molecule has 0 spiro atoms. The molecule has 0 atom stereocenters. The molecule has 2 N–H and O–H groups in total. The summed E-state index contributed by atoms with van der Waals surface area (Å²) in [5.74, 6) is -2.47. The van der Waals surface area contributed by atoms with Crippen LogP contribution in [0.4, 0.5) is 0 Å². The lowest BCUT2D eigenvalue weighted by molar-refractivity contribution is 0.0657. The van der Waals surface area contributed by atoms with Crippen LogP contribution in [0.2, 0.25) is 0 Å². The van der Waals surface area contributed by atoms with Gasteiger partial charge in [-0.25, -0.2) is 4.79 Å². The number of aryl methyl sites for hydroxylation is 1. The topological polar surface area (TPSA) is 87.7 Å². The van der Waals surface area contributed by atoms with Crippen LogP contribution in [0.3, 0.4) is 0 Å². The van der Waals surface area contributed by atoms with Crippen LogP contribution in [0.5, 0.6) is 5.75 Å². The number of carbonyl (C=O) groups is 1. The standard InChI is InChI=1S/C7H6O5/c1-3-6(9)4(8)2-5(12-3)7(10)11/h2,9H,1H3,(H,10,11). The highest BCUT2D eigenvalue weighted by Crippen LogP contribution is 2.11. The summed E-state index contributed by atoms with van der Waals surface area (Å²) in [6.07, 6.45) is 0. The fourth-order valence-corrected chi connectivity index (χ4v) is 0.709. The van der Waals surface area contributed by atoms with Gasteiger partial charge in [0.15, 0.2) is 0 Å². The highest BCUT2D eigenvalue weighted by atomic mass is 16.4. The summed E-state index contributed by atoms with van der Waals surface area (Å²) in [4.78, 5) is 21.1. The van der Waals surface area contributed by atoms with E-state index in [9.17, 15) is 9.59 Å². The molecule has 0 aliphatic carbocycles. The normalized spacial score (nSPS) is 9.75. The van der Waals surface area contributed by atoms with Gasteiger partial charge in [-0.3, -0.25) is 4.79 Å². The van der Waals surface area contributed by atoms with Gasteiger partial charge < -0.3 is 14.6 Å². The summed E-state index contributed by atoms with van der Waals surface area (Å²) in [5.41, 5.74) is -0.754. The van der Waals surface area contributed by atoms with Crippen molar-refractivity contribution in [1.29, 1.82) is 0 Å². The Bertz CT molecular complexity index is 376. The van der Waals surface area contributed by atoms with Crippen molar-refractivity contribution in [3.63, 3.8) is 0 Å². The lowest BCUT2D eigenvalue weighted by atomic mass is 10.3. The van der Waals surface area contributed by atoms with E-state index in [4.69, 9.17) is 10.2 Å². The summed E-state index contributed by atoms with van der Waals surface area (Å²) in [6.45, 7) is 1.31. The molecule has 1 heterocycles. The maximum atomic E-state index is 10.8. The quantitative estimate of drug-likeness (QED) is 0.634. The second kappa shape index (κ2) is 2.69. The lowest BCUT2D eigenvalue weighted by Crippen LogP contribution is -2.06. The number of aromatic hydroxyl groups is 1. The molecule has 0 aliphatic rings. The van der Waals surface area contributed by atoms with Crippen LogP contribution in [0.15, 0.2) is 15.3 Å². The third-order valence-electron chi connectivity index (χ3n) is 1.30. The molecule has 5 nitrogen and oxygen atoms in total. The van der Waals surface area contributed by atoms with Crippen LogP contribution in [-0.4, -0.2) is 16.2 Å². The van der Waals surface area contributed by atoms with Gasteiger partial charge in [0.1, 0.15) is 5.76 Å². The molecule has 1 rings (SSSR count). The van der Waals surface area contributed by atoms with Crippen molar-refractivity contribution in [2.75, 3.05) is 0 Å². The molecule has 0 radical (unpaired) electrons. The minimum atomic E-state index is -1.34. The molecule has 0 aliphatic heterocycles. The third kappa shape index (κ3) is 1.29. The number of hydrogen-bond donors (Lipinski definition) is 2. The summed E-state index contributed by atoms with van der Waals surface area (Å²) in [7, 11) is 0. The Morgan fingerprint density at radius 2 is 2.17 bits per heavy atom. The molecule has 0 saturated heterocycles. The van der Waals surface area contributed by atoms with E-state index >= 15 is 0 Å². The molecule has 1 aromatic rings. The highest BCUT2D eigenvalue weighted by Gasteiger charge is 2.11. The van der Waals surface area contributed by atoms with E-state index in [0.717, 1.165) is 6.07 Å². The second-order valence-electron chi connectivity index (χ2n) is 2.18. The van der Waals surface area contributed by atoms with Gasteiger partial charge in [0.2, 0.25) is 16.9 Å². The Labute approximate surface area is 66.9 Å². The van der Waals surface area contributed by atoms with E-state index in [1.165, 1.54) is 6.92 Å². The van der Waals surface area contributed by atoms with E-state index < -0.39 is 22.9 Å². The van der Waals surface area contributed by atoms with Gasteiger partial charge in [-0.1, -0.05) is 0 Å². The smallest absolute Gasteiger partial charge is 0.371 e. The maximum Gasteiger partial charge on any atom is 0.371 e. The average Bonchev–Trinajstić information content (AvgIpc) is 1.99. The first kappa shape index (κ1) is 8.32. The maximum absolute atomic E-state index is 10.8. The molecule has 0 bridgehead atoms. The molecule has 0 aromatic carbocycles. The van der Waals surface area contributed by atoms with E-state index in [-0.39, 0.29) is 5.76 Å². The zero-order valence-corrected chi connectivity index (χ0v) is 6.20. The van der Waals surface area contributed by atoms with Crippen LogP contribution >= 0.6 is 0 Å². The average molecular weight is 170 g/mol. The fraction of sp³-hybridized carbons (Fsp3) is 0.143. The van der Waals surface area contributed by atoms with Gasteiger partial charge in [0.25, 0.3) is 0 Å². The van der Waals surface area contributed by atoms with E-state index in [2.05, 4.69) is 4.42 Å². The zero-order valence-electron chi connectivity index (χ0n) is 6.20. The summed E-state index contributed by atoms with van der Waals surface area (Å²) >= 11 is 0. The van der Waals surface area contributed by atoms with Gasteiger partial charge in [-0.15, -0.1) is 0 Å². The Kier molecular flexibility index (Phi) is 1.86. The van der Waals surface area contributed by atoms with Crippen molar-refractivity contribution in [1.82, 2.24) is 0 Å². The monoisotopic (exact) mass is 170 g/mol. The van der Waals surface area contributed by atoms with Crippen LogP contribution in [0.25, 0.3) is 0 Å². The highest BCUT2D eigenvalue weighted by molar-refractivity contribution is 5.84. The number of hydrogen-bond acceptors (Lipinski definition) is 4. The fourth-order valence-electron chi connectivity index (χ4n) is 0.709. The molecule has 12 heavy (non-hydrogen) atoms. The predicted octanol–water partition coefficient (Wildman–Crippen LogP) is 0.352. The number of rotatable bonds is 1. The number of carboxylic acid groups (broad SMARTS) is 1. The largest absolute Gasteiger partial charge is 0.502 e. The van der Waals surface area contributed by atoms with Crippen molar-refractivity contribution in [3.05, 3.63) is 27.8 Å². The van der Waals surface area contributed by atoms with Crippen molar-refractivity contribution in [2.24, 2.45) is 0 Å². The number of aromatic carboxylic acids is 1. The first-order valence-corrected chi connectivity index (χ1v) is 3.09. The Hall–Kier alpha value is -1.78. The molecular weight excluding hydrogens is 164 g/mol. The Morgan fingerprint density at radius 3 is 2.58 bits per heavy atom. The van der Waals surface area contributed by atoms with Crippen molar-refractivity contribution >= 4 is 5.97 Å². The molecule has 0 amide bonds. The van der Waals surface area contributed by atoms with E-state index in [1.54, 1.807) is 0 Å². The number of carboxylic acids is 1. The van der Waals surface area contributed by atoms with E-state index in [1.807, 2.05) is 0 Å². The molecule has 64 valence electrons. The molecular formula is C7H6O5. The molecule has 0 fully saturated rings. The van der Waals surface area contributed by atoms with Gasteiger partial charge >= 0.3 is 5.97 Å². The van der Waals surface area contributed by atoms with Crippen LogP contribution < -0.4 is 5.43 Å². The first-order chi connectivity index (χ1) is 5.52. The summed E-state index contributed by atoms with van der Waals surface area (Å²) in [5, 5.41) is 17.3. The van der Waals surface area contributed by atoms with Gasteiger partial charge in [-0.2, -0.15) is 0 Å². The van der Waals surface area contributed by atoms with E-state index in [0.29, 0.717) is 0 Å². The molecule has 5 heteroatoms. The van der Waals surface area contributed by atoms with Crippen molar-refractivity contribution < 1.29 is 19.4 Å². The van der Waals surface area contributed by atoms with Crippen molar-refractivity contribution in [3.8, 4) is 5.75 Å². The summed E-state index contributed by atoms with van der Waals surface area (Å²) < 4.78 is 4.60. The SMILES string of the molecule is Cc1oc(C(=O)O)cc(=O)c1O. The van der Waals surface area contributed by atoms with Crippen LogP contribution in [-0.2, 0) is 0 Å². The van der Waals surface area contributed by atoms with Gasteiger partial charge in [0.05, 0.1) is 0 Å². The molecule has 0 unspecified atom stereocenters. The van der Waals surface area contributed by atoms with Crippen LogP contribution in [0.1, 0.15) is 16.3 Å². The predicted molar refractivity (Wildman–Crippen MR) is 38.3 cm³/mol.